The molecule has 26 heavy (non-hydrogen) atoms. The van der Waals surface area contributed by atoms with Crippen LogP contribution in [0.5, 0.6) is 0 Å². The van der Waals surface area contributed by atoms with Gasteiger partial charge in [-0.05, 0) is 45.1 Å². The molecule has 2 saturated heterocycles. The Morgan fingerprint density at radius 3 is 2.92 bits per heavy atom. The van der Waals surface area contributed by atoms with E-state index in [1.165, 1.54) is 38.6 Å². The van der Waals surface area contributed by atoms with Crippen molar-refractivity contribution in [3.8, 4) is 0 Å². The number of aromatic nitrogens is 3. The second-order valence-corrected chi connectivity index (χ2v) is 8.14. The Bertz CT molecular complexity index is 702. The van der Waals surface area contributed by atoms with E-state index in [0.717, 1.165) is 48.1 Å². The lowest BCUT2D eigenvalue weighted by atomic mass is 9.94. The second kappa shape index (κ2) is 8.41. The molecule has 0 aromatic carbocycles. The minimum atomic E-state index is 0.394. The van der Waals surface area contributed by atoms with Crippen molar-refractivity contribution in [1.82, 2.24) is 19.9 Å². The minimum Gasteiger partial charge on any atom is -0.381 e. The summed E-state index contributed by atoms with van der Waals surface area (Å²) in [5.74, 6) is 2.41. The lowest BCUT2D eigenvalue weighted by Gasteiger charge is -2.38. The zero-order valence-corrected chi connectivity index (χ0v) is 16.2. The van der Waals surface area contributed by atoms with E-state index < -0.39 is 0 Å². The predicted octanol–water partition coefficient (Wildman–Crippen LogP) is 3.94. The van der Waals surface area contributed by atoms with Crippen molar-refractivity contribution < 1.29 is 4.74 Å². The Hall–Kier alpha value is -1.57. The van der Waals surface area contributed by atoms with Gasteiger partial charge in [-0.25, -0.2) is 15.0 Å². The number of nitrogens with zero attached hydrogens (tertiary/aromatic N) is 4. The van der Waals surface area contributed by atoms with Crippen molar-refractivity contribution >= 4 is 22.3 Å². The largest absolute Gasteiger partial charge is 0.381 e. The van der Waals surface area contributed by atoms with Gasteiger partial charge >= 0.3 is 0 Å². The SMILES string of the molecule is Cc1nc(Nc2nccs2)cc(C2CCCCN2CC2CCOCC2)n1. The molecule has 1 unspecified atom stereocenters. The summed E-state index contributed by atoms with van der Waals surface area (Å²) < 4.78 is 5.53. The number of rotatable bonds is 5. The number of hydrogen-bond donors (Lipinski definition) is 1. The fourth-order valence-corrected chi connectivity index (χ4v) is 4.56. The summed E-state index contributed by atoms with van der Waals surface area (Å²) >= 11 is 1.58. The molecular weight excluding hydrogens is 346 g/mol. The third-order valence-corrected chi connectivity index (χ3v) is 6.00. The van der Waals surface area contributed by atoms with Crippen LogP contribution in [0.3, 0.4) is 0 Å². The Labute approximate surface area is 159 Å². The molecule has 0 saturated carbocycles. The zero-order chi connectivity index (χ0) is 17.8. The van der Waals surface area contributed by atoms with Crippen LogP contribution in [0.25, 0.3) is 0 Å². The lowest BCUT2D eigenvalue weighted by Crippen LogP contribution is -2.39. The summed E-state index contributed by atoms with van der Waals surface area (Å²) in [5, 5.41) is 6.16. The van der Waals surface area contributed by atoms with Crippen molar-refractivity contribution in [3.63, 3.8) is 0 Å². The van der Waals surface area contributed by atoms with Crippen LogP contribution < -0.4 is 5.32 Å². The summed E-state index contributed by atoms with van der Waals surface area (Å²) in [4.78, 5) is 16.3. The molecule has 7 heteroatoms. The molecule has 0 aliphatic carbocycles. The second-order valence-electron chi connectivity index (χ2n) is 7.25. The Morgan fingerprint density at radius 1 is 1.23 bits per heavy atom. The van der Waals surface area contributed by atoms with Gasteiger partial charge in [0.05, 0.1) is 11.7 Å². The van der Waals surface area contributed by atoms with Crippen molar-refractivity contribution in [2.75, 3.05) is 31.6 Å². The van der Waals surface area contributed by atoms with Gasteiger partial charge in [0.25, 0.3) is 0 Å². The lowest BCUT2D eigenvalue weighted by molar-refractivity contribution is 0.0376. The molecule has 1 N–H and O–H groups in total. The average molecular weight is 374 g/mol. The zero-order valence-electron chi connectivity index (χ0n) is 15.4. The van der Waals surface area contributed by atoms with Gasteiger partial charge in [0.1, 0.15) is 11.6 Å². The molecule has 2 aliphatic rings. The molecule has 2 aliphatic heterocycles. The van der Waals surface area contributed by atoms with Crippen LogP contribution in [0, 0.1) is 12.8 Å². The van der Waals surface area contributed by atoms with E-state index in [1.807, 2.05) is 12.3 Å². The van der Waals surface area contributed by atoms with Crippen molar-refractivity contribution in [3.05, 3.63) is 29.2 Å². The maximum Gasteiger partial charge on any atom is 0.188 e. The van der Waals surface area contributed by atoms with Crippen molar-refractivity contribution in [2.45, 2.75) is 45.1 Å². The number of thiazole rings is 1. The number of ether oxygens (including phenoxy) is 1. The number of hydrogen-bond acceptors (Lipinski definition) is 7. The highest BCUT2D eigenvalue weighted by molar-refractivity contribution is 7.13. The molecule has 2 fully saturated rings. The summed E-state index contributed by atoms with van der Waals surface area (Å²) in [5.41, 5.74) is 1.14. The van der Waals surface area contributed by atoms with E-state index in [9.17, 15) is 0 Å². The van der Waals surface area contributed by atoms with Crippen LogP contribution in [0.1, 0.15) is 49.7 Å². The van der Waals surface area contributed by atoms with Crippen LogP contribution in [0.2, 0.25) is 0 Å². The Morgan fingerprint density at radius 2 is 2.12 bits per heavy atom. The van der Waals surface area contributed by atoms with Gasteiger partial charge in [-0.1, -0.05) is 6.42 Å². The van der Waals surface area contributed by atoms with E-state index in [0.29, 0.717) is 6.04 Å². The molecule has 140 valence electrons. The molecule has 2 aromatic rings. The smallest absolute Gasteiger partial charge is 0.188 e. The van der Waals surface area contributed by atoms with E-state index >= 15 is 0 Å². The number of likely N-dealkylation sites (tertiary alicyclic amines) is 1. The third kappa shape index (κ3) is 4.39. The molecule has 4 heterocycles. The van der Waals surface area contributed by atoms with E-state index in [1.54, 1.807) is 17.5 Å². The van der Waals surface area contributed by atoms with Gasteiger partial charge in [0.15, 0.2) is 5.13 Å². The molecule has 0 amide bonds. The van der Waals surface area contributed by atoms with Crippen LogP contribution in [0.4, 0.5) is 10.9 Å². The quantitative estimate of drug-likeness (QED) is 0.856. The molecule has 2 aromatic heterocycles. The maximum atomic E-state index is 5.53. The van der Waals surface area contributed by atoms with Gasteiger partial charge in [-0.15, -0.1) is 11.3 Å². The predicted molar refractivity (Wildman–Crippen MR) is 104 cm³/mol. The fourth-order valence-electron chi connectivity index (χ4n) is 4.03. The molecule has 0 radical (unpaired) electrons. The van der Waals surface area contributed by atoms with Gasteiger partial charge in [-0.3, -0.25) is 4.90 Å². The molecule has 1 atom stereocenters. The van der Waals surface area contributed by atoms with Gasteiger partial charge < -0.3 is 10.1 Å². The number of nitrogens with one attached hydrogen (secondary N) is 1. The van der Waals surface area contributed by atoms with Crippen LogP contribution >= 0.6 is 11.3 Å². The fraction of sp³-hybridized carbons (Fsp3) is 0.632. The monoisotopic (exact) mass is 373 g/mol. The number of anilines is 2. The maximum absolute atomic E-state index is 5.53. The summed E-state index contributed by atoms with van der Waals surface area (Å²) in [7, 11) is 0. The van der Waals surface area contributed by atoms with E-state index in [4.69, 9.17) is 9.72 Å². The highest BCUT2D eigenvalue weighted by Gasteiger charge is 2.28. The Balaban J connectivity index is 1.52. The first kappa shape index (κ1) is 17.8. The van der Waals surface area contributed by atoms with Gasteiger partial charge in [-0.2, -0.15) is 0 Å². The van der Waals surface area contributed by atoms with E-state index in [-0.39, 0.29) is 0 Å². The molecule has 4 rings (SSSR count). The third-order valence-electron chi connectivity index (χ3n) is 5.31. The van der Waals surface area contributed by atoms with Gasteiger partial charge in [0, 0.05) is 37.4 Å². The number of aryl methyl sites for hydroxylation is 1. The molecule has 6 nitrogen and oxygen atoms in total. The summed E-state index contributed by atoms with van der Waals surface area (Å²) in [6.45, 7) is 6.13. The molecule has 0 bridgehead atoms. The van der Waals surface area contributed by atoms with Crippen LogP contribution in [-0.4, -0.2) is 46.2 Å². The topological polar surface area (TPSA) is 63.2 Å². The molecule has 0 spiro atoms. The normalized spacial score (nSPS) is 22.4. The first-order valence-electron chi connectivity index (χ1n) is 9.62. The highest BCUT2D eigenvalue weighted by atomic mass is 32.1. The average Bonchev–Trinajstić information content (AvgIpc) is 3.15. The Kier molecular flexibility index (Phi) is 5.77. The first-order chi connectivity index (χ1) is 12.8. The summed E-state index contributed by atoms with van der Waals surface area (Å²) in [6.07, 6.45) is 7.90. The van der Waals surface area contributed by atoms with Gasteiger partial charge in [0.2, 0.25) is 0 Å². The van der Waals surface area contributed by atoms with Crippen molar-refractivity contribution in [2.24, 2.45) is 5.92 Å². The highest BCUT2D eigenvalue weighted by Crippen LogP contribution is 2.33. The standard InChI is InChI=1S/C19H27N5OS/c1-14-21-16(12-18(22-14)23-19-20-7-11-26-19)17-4-2-3-8-24(17)13-15-5-9-25-10-6-15/h7,11-12,15,17H,2-6,8-10,13H2,1H3,(H,20,21,22,23). The minimum absolute atomic E-state index is 0.394. The van der Waals surface area contributed by atoms with E-state index in [2.05, 4.69) is 26.3 Å². The van der Waals surface area contributed by atoms with Crippen molar-refractivity contribution in [1.29, 1.82) is 0 Å². The van der Waals surface area contributed by atoms with Crippen LogP contribution in [0.15, 0.2) is 17.6 Å². The van der Waals surface area contributed by atoms with Crippen LogP contribution in [-0.2, 0) is 4.74 Å². The molecular formula is C19H27N5OS. The first-order valence-corrected chi connectivity index (χ1v) is 10.5. The summed E-state index contributed by atoms with van der Waals surface area (Å²) in [6, 6.07) is 2.51. The number of piperidine rings is 1.